The van der Waals surface area contributed by atoms with Crippen molar-refractivity contribution in [3.63, 3.8) is 0 Å². The zero-order chi connectivity index (χ0) is 19.0. The van der Waals surface area contributed by atoms with Crippen LogP contribution >= 0.6 is 11.6 Å². The number of halogens is 1. The fraction of sp³-hybridized carbons (Fsp3) is 0.421. The molecule has 2 saturated heterocycles. The molecule has 2 aromatic carbocycles. The molecule has 0 spiro atoms. The molecule has 0 bridgehead atoms. The fourth-order valence-electron chi connectivity index (χ4n) is 3.73. The Labute approximate surface area is 163 Å². The number of hydrogen-bond donors (Lipinski definition) is 0. The number of amides is 1. The molecular weight excluding hydrogens is 388 g/mol. The maximum absolute atomic E-state index is 13.2. The van der Waals surface area contributed by atoms with E-state index < -0.39 is 10.0 Å². The lowest BCUT2D eigenvalue weighted by Gasteiger charge is -2.35. The Bertz CT molecular complexity index is 965. The first-order valence-corrected chi connectivity index (χ1v) is 10.9. The van der Waals surface area contributed by atoms with E-state index in [1.165, 1.54) is 4.31 Å². The van der Waals surface area contributed by atoms with E-state index in [-0.39, 0.29) is 30.0 Å². The van der Waals surface area contributed by atoms with E-state index in [1.54, 1.807) is 35.2 Å². The van der Waals surface area contributed by atoms with Gasteiger partial charge >= 0.3 is 0 Å². The Morgan fingerprint density at radius 2 is 1.74 bits per heavy atom. The van der Waals surface area contributed by atoms with Crippen LogP contribution in [0.3, 0.4) is 0 Å². The van der Waals surface area contributed by atoms with E-state index in [2.05, 4.69) is 0 Å². The summed E-state index contributed by atoms with van der Waals surface area (Å²) in [7, 11) is -3.67. The topological polar surface area (TPSA) is 66.9 Å². The summed E-state index contributed by atoms with van der Waals surface area (Å²) < 4.78 is 33.3. The number of benzene rings is 2. The predicted octanol–water partition coefficient (Wildman–Crippen LogP) is 2.51. The molecular formula is C19H21ClN2O4S. The van der Waals surface area contributed by atoms with Gasteiger partial charge in [-0.2, -0.15) is 4.31 Å². The second-order valence-corrected chi connectivity index (χ2v) is 9.14. The molecule has 2 aliphatic rings. The number of carbonyl (C=O) groups is 1. The van der Waals surface area contributed by atoms with Gasteiger partial charge in [0, 0.05) is 48.6 Å². The van der Waals surface area contributed by atoms with Crippen molar-refractivity contribution in [2.24, 2.45) is 0 Å². The van der Waals surface area contributed by atoms with E-state index in [0.29, 0.717) is 35.5 Å². The quantitative estimate of drug-likeness (QED) is 0.782. The number of piperazine rings is 1. The molecule has 0 aromatic heterocycles. The second-order valence-electron chi connectivity index (χ2n) is 6.82. The van der Waals surface area contributed by atoms with E-state index >= 15 is 0 Å². The predicted molar refractivity (Wildman–Crippen MR) is 103 cm³/mol. The highest BCUT2D eigenvalue weighted by Gasteiger charge is 2.34. The summed E-state index contributed by atoms with van der Waals surface area (Å²) >= 11 is 6.22. The van der Waals surface area contributed by atoms with E-state index in [0.717, 1.165) is 12.8 Å². The molecule has 2 aliphatic heterocycles. The summed E-state index contributed by atoms with van der Waals surface area (Å²) in [6.07, 6.45) is 1.27. The van der Waals surface area contributed by atoms with Crippen LogP contribution in [0.4, 0.5) is 0 Å². The van der Waals surface area contributed by atoms with Crippen molar-refractivity contribution >= 4 is 38.3 Å². The monoisotopic (exact) mass is 408 g/mol. The van der Waals surface area contributed by atoms with Gasteiger partial charge in [-0.25, -0.2) is 8.42 Å². The van der Waals surface area contributed by atoms with E-state index in [4.69, 9.17) is 16.3 Å². The molecule has 1 unspecified atom stereocenters. The van der Waals surface area contributed by atoms with Crippen LogP contribution in [0.1, 0.15) is 12.8 Å². The first-order chi connectivity index (χ1) is 13.0. The molecule has 6 nitrogen and oxygen atoms in total. The van der Waals surface area contributed by atoms with Gasteiger partial charge in [-0.15, -0.1) is 0 Å². The summed E-state index contributed by atoms with van der Waals surface area (Å²) in [5.74, 6) is -0.0264. The Balaban J connectivity index is 1.54. The van der Waals surface area contributed by atoms with Crippen LogP contribution in [0.5, 0.6) is 0 Å². The van der Waals surface area contributed by atoms with Gasteiger partial charge in [-0.1, -0.05) is 35.9 Å². The maximum Gasteiger partial charge on any atom is 0.251 e. The Kier molecular flexibility index (Phi) is 5.11. The lowest BCUT2D eigenvalue weighted by Crippen LogP contribution is -2.52. The molecule has 1 amide bonds. The number of carbonyl (C=O) groups excluding carboxylic acids is 1. The van der Waals surface area contributed by atoms with Gasteiger partial charge in [0.05, 0.1) is 4.90 Å². The highest BCUT2D eigenvalue weighted by molar-refractivity contribution is 7.89. The highest BCUT2D eigenvalue weighted by atomic mass is 35.5. The minimum absolute atomic E-state index is 0.0264. The van der Waals surface area contributed by atoms with Crippen molar-refractivity contribution in [3.05, 3.63) is 41.4 Å². The van der Waals surface area contributed by atoms with Crippen molar-refractivity contribution < 1.29 is 17.9 Å². The molecule has 27 heavy (non-hydrogen) atoms. The van der Waals surface area contributed by atoms with Crippen molar-refractivity contribution in [2.75, 3.05) is 32.8 Å². The van der Waals surface area contributed by atoms with Gasteiger partial charge in [-0.3, -0.25) is 4.79 Å². The molecule has 1 atom stereocenters. The molecule has 0 radical (unpaired) electrons. The van der Waals surface area contributed by atoms with Gasteiger partial charge < -0.3 is 9.64 Å². The maximum atomic E-state index is 13.2. The number of fused-ring (bicyclic) bond motifs is 1. The van der Waals surface area contributed by atoms with Crippen molar-refractivity contribution in [2.45, 2.75) is 23.8 Å². The molecule has 2 heterocycles. The molecule has 2 fully saturated rings. The Morgan fingerprint density at radius 1 is 1.04 bits per heavy atom. The van der Waals surface area contributed by atoms with Gasteiger partial charge in [0.2, 0.25) is 10.0 Å². The number of hydrogen-bond acceptors (Lipinski definition) is 4. The van der Waals surface area contributed by atoms with Gasteiger partial charge in [0.15, 0.2) is 0 Å². The van der Waals surface area contributed by atoms with Crippen LogP contribution < -0.4 is 0 Å². The number of nitrogens with zero attached hydrogens (tertiary/aromatic N) is 2. The van der Waals surface area contributed by atoms with Crippen molar-refractivity contribution in [1.29, 1.82) is 0 Å². The first kappa shape index (κ1) is 18.7. The Morgan fingerprint density at radius 3 is 2.44 bits per heavy atom. The molecule has 4 rings (SSSR count). The van der Waals surface area contributed by atoms with Crippen LogP contribution in [-0.2, 0) is 19.6 Å². The Hall–Kier alpha value is -1.67. The van der Waals surface area contributed by atoms with Crippen LogP contribution in [0.15, 0.2) is 41.3 Å². The molecule has 8 heteroatoms. The average Bonchev–Trinajstić information content (AvgIpc) is 3.22. The van der Waals surface area contributed by atoms with E-state index in [1.807, 2.05) is 6.07 Å². The summed E-state index contributed by atoms with van der Waals surface area (Å²) in [5, 5.41) is 1.85. The molecule has 2 aromatic rings. The van der Waals surface area contributed by atoms with Crippen LogP contribution in [0, 0.1) is 0 Å². The van der Waals surface area contributed by atoms with Crippen LogP contribution in [0.25, 0.3) is 10.8 Å². The minimum atomic E-state index is -3.67. The molecule has 0 saturated carbocycles. The summed E-state index contributed by atoms with van der Waals surface area (Å²) in [5.41, 5.74) is 0. The largest absolute Gasteiger partial charge is 0.368 e. The summed E-state index contributed by atoms with van der Waals surface area (Å²) in [6.45, 7) is 1.93. The van der Waals surface area contributed by atoms with Crippen molar-refractivity contribution in [1.82, 2.24) is 9.21 Å². The zero-order valence-corrected chi connectivity index (χ0v) is 16.4. The number of rotatable bonds is 3. The number of sulfonamides is 1. The van der Waals surface area contributed by atoms with Crippen LogP contribution in [0.2, 0.25) is 5.02 Å². The summed E-state index contributed by atoms with van der Waals surface area (Å²) in [6, 6.07) is 10.4. The van der Waals surface area contributed by atoms with Gasteiger partial charge in [-0.05, 0) is 25.0 Å². The van der Waals surface area contributed by atoms with Crippen LogP contribution in [-0.4, -0.2) is 62.4 Å². The lowest BCUT2D eigenvalue weighted by atomic mass is 10.1. The van der Waals surface area contributed by atoms with E-state index in [9.17, 15) is 13.2 Å². The van der Waals surface area contributed by atoms with Crippen molar-refractivity contribution in [3.8, 4) is 0 Å². The first-order valence-electron chi connectivity index (χ1n) is 9.06. The third kappa shape index (κ3) is 3.45. The zero-order valence-electron chi connectivity index (χ0n) is 14.8. The third-order valence-corrected chi connectivity index (χ3v) is 7.49. The minimum Gasteiger partial charge on any atom is -0.368 e. The standard InChI is InChI=1S/C19H21ClN2O4S/c20-16-6-1-5-15-14(16)4-2-8-18(15)27(24,25)22-11-9-21(10-12-22)19(23)17-7-3-13-26-17/h1-2,4-6,8,17H,3,7,9-13H2. The fourth-order valence-corrected chi connectivity index (χ4v) is 5.60. The second kappa shape index (κ2) is 7.39. The summed E-state index contributed by atoms with van der Waals surface area (Å²) in [4.78, 5) is 14.4. The highest BCUT2D eigenvalue weighted by Crippen LogP contribution is 2.30. The SMILES string of the molecule is O=C(C1CCCO1)N1CCN(S(=O)(=O)c2cccc3c(Cl)cccc23)CC1. The molecule has 0 N–H and O–H groups in total. The third-order valence-electron chi connectivity index (χ3n) is 5.20. The smallest absolute Gasteiger partial charge is 0.251 e. The van der Waals surface area contributed by atoms with Gasteiger partial charge in [0.1, 0.15) is 6.10 Å². The lowest BCUT2D eigenvalue weighted by molar-refractivity contribution is -0.142. The number of ether oxygens (including phenoxy) is 1. The molecule has 0 aliphatic carbocycles. The van der Waals surface area contributed by atoms with Gasteiger partial charge in [0.25, 0.3) is 5.91 Å². The molecule has 144 valence electrons. The average molecular weight is 409 g/mol. The normalized spacial score (nSPS) is 21.7.